The Bertz CT molecular complexity index is 1560. The maximum atomic E-state index is 13.8. The van der Waals surface area contributed by atoms with Crippen LogP contribution in [0, 0.1) is 22.1 Å². The third-order valence-corrected chi connectivity index (χ3v) is 11.3. The van der Waals surface area contributed by atoms with Crippen LogP contribution >= 0.6 is 11.6 Å². The standard InChI is InChI=1S/C28H25ClF4N6/c29-18-1-3-20-16(5-18)9-38(27-12-25(27)11-26(25,13-27)28(31,32)33)10-22-35-36-23(39(20)22)17-6-24(7-17)14-37(15-24)21-4-2-19(30)8-34-21/h1-5,8,17H,6-7,9-15H2. The Labute approximate surface area is 227 Å². The number of fused-ring (bicyclic) bond motifs is 3. The molecule has 39 heavy (non-hydrogen) atoms. The summed E-state index contributed by atoms with van der Waals surface area (Å²) < 4.78 is 56.9. The number of pyridine rings is 1. The number of anilines is 1. The van der Waals surface area contributed by atoms with Gasteiger partial charge in [-0.05, 0) is 68.0 Å². The lowest BCUT2D eigenvalue weighted by Gasteiger charge is -2.59. The number of hydrogen-bond acceptors (Lipinski definition) is 5. The van der Waals surface area contributed by atoms with Gasteiger partial charge in [0.15, 0.2) is 5.82 Å². The number of halogens is 5. The van der Waals surface area contributed by atoms with Crippen molar-refractivity contribution in [2.75, 3.05) is 18.0 Å². The number of hydrogen-bond donors (Lipinski definition) is 0. The fourth-order valence-electron chi connectivity index (χ4n) is 9.12. The molecular weight excluding hydrogens is 532 g/mol. The zero-order chi connectivity index (χ0) is 26.6. The molecule has 3 unspecified atom stereocenters. The van der Waals surface area contributed by atoms with Crippen molar-refractivity contribution >= 4 is 17.4 Å². The summed E-state index contributed by atoms with van der Waals surface area (Å²) in [5.74, 6) is 2.42. The lowest BCUT2D eigenvalue weighted by molar-refractivity contribution is -0.220. The van der Waals surface area contributed by atoms with E-state index in [1.54, 1.807) is 6.07 Å². The van der Waals surface area contributed by atoms with Gasteiger partial charge < -0.3 is 4.90 Å². The summed E-state index contributed by atoms with van der Waals surface area (Å²) in [7, 11) is 0. The highest BCUT2D eigenvalue weighted by atomic mass is 35.5. The molecule has 3 aromatic rings. The molecule has 3 atom stereocenters. The smallest absolute Gasteiger partial charge is 0.355 e. The second-order valence-corrected chi connectivity index (χ2v) is 13.4. The predicted molar refractivity (Wildman–Crippen MR) is 134 cm³/mol. The summed E-state index contributed by atoms with van der Waals surface area (Å²) in [6.45, 7) is 2.81. The monoisotopic (exact) mass is 556 g/mol. The third kappa shape index (κ3) is 2.70. The highest BCUT2D eigenvalue weighted by Gasteiger charge is 3.03. The summed E-state index contributed by atoms with van der Waals surface area (Å²) in [6.07, 6.45) is 0.146. The van der Waals surface area contributed by atoms with Crippen LogP contribution in [0.1, 0.15) is 55.2 Å². The van der Waals surface area contributed by atoms with Crippen molar-refractivity contribution in [2.45, 2.75) is 62.8 Å². The largest absolute Gasteiger partial charge is 0.395 e. The number of nitrogens with zero attached hydrogens (tertiary/aromatic N) is 6. The zero-order valence-electron chi connectivity index (χ0n) is 21.0. The van der Waals surface area contributed by atoms with Gasteiger partial charge in [0.1, 0.15) is 17.5 Å². The summed E-state index contributed by atoms with van der Waals surface area (Å²) in [6, 6.07) is 8.96. The van der Waals surface area contributed by atoms with Crippen LogP contribution in [0.25, 0.3) is 5.69 Å². The van der Waals surface area contributed by atoms with Crippen molar-refractivity contribution < 1.29 is 17.6 Å². The van der Waals surface area contributed by atoms with E-state index in [1.807, 2.05) is 18.2 Å². The fourth-order valence-corrected chi connectivity index (χ4v) is 9.32. The molecule has 11 heteroatoms. The minimum atomic E-state index is -4.13. The van der Waals surface area contributed by atoms with Crippen LogP contribution in [0.2, 0.25) is 5.02 Å². The minimum absolute atomic E-state index is 0.185. The van der Waals surface area contributed by atoms with Gasteiger partial charge in [-0.2, -0.15) is 13.2 Å². The molecule has 1 saturated heterocycles. The molecular formula is C28H25ClF4N6. The van der Waals surface area contributed by atoms with E-state index < -0.39 is 22.5 Å². The van der Waals surface area contributed by atoms with Gasteiger partial charge in [0, 0.05) is 46.9 Å². The molecule has 9 rings (SSSR count). The van der Waals surface area contributed by atoms with Gasteiger partial charge in [0.05, 0.1) is 23.8 Å². The van der Waals surface area contributed by atoms with Crippen LogP contribution in [-0.4, -0.2) is 49.5 Å². The maximum absolute atomic E-state index is 13.8. The van der Waals surface area contributed by atoms with E-state index in [4.69, 9.17) is 11.6 Å². The van der Waals surface area contributed by atoms with Gasteiger partial charge in [0.2, 0.25) is 0 Å². The molecule has 6 aliphatic rings. The van der Waals surface area contributed by atoms with Crippen molar-refractivity contribution in [3.05, 3.63) is 64.6 Å². The highest BCUT2D eigenvalue weighted by Crippen LogP contribution is 3.00. The molecule has 2 aliphatic heterocycles. The summed E-state index contributed by atoms with van der Waals surface area (Å²) in [4.78, 5) is 8.62. The van der Waals surface area contributed by atoms with Crippen molar-refractivity contribution in [3.8, 4) is 5.69 Å². The van der Waals surface area contributed by atoms with Gasteiger partial charge in [-0.1, -0.05) is 11.6 Å². The molecule has 4 saturated carbocycles. The summed E-state index contributed by atoms with van der Waals surface area (Å²) >= 11 is 6.41. The van der Waals surface area contributed by atoms with Gasteiger partial charge in [0.25, 0.3) is 0 Å². The molecule has 0 bridgehead atoms. The molecule has 6 nitrogen and oxygen atoms in total. The Hall–Kier alpha value is -2.72. The lowest BCUT2D eigenvalue weighted by Crippen LogP contribution is -2.62. The first-order valence-electron chi connectivity index (χ1n) is 13.5. The van der Waals surface area contributed by atoms with Crippen LogP contribution in [0.15, 0.2) is 36.5 Å². The maximum Gasteiger partial charge on any atom is 0.395 e. The minimum Gasteiger partial charge on any atom is -0.355 e. The van der Waals surface area contributed by atoms with Gasteiger partial charge >= 0.3 is 6.18 Å². The van der Waals surface area contributed by atoms with E-state index in [0.29, 0.717) is 24.5 Å². The van der Waals surface area contributed by atoms with Gasteiger partial charge in [-0.25, -0.2) is 9.37 Å². The van der Waals surface area contributed by atoms with Crippen LogP contribution in [0.3, 0.4) is 0 Å². The molecule has 2 aromatic heterocycles. The topological polar surface area (TPSA) is 50.1 Å². The van der Waals surface area contributed by atoms with Crippen molar-refractivity contribution in [1.29, 1.82) is 0 Å². The van der Waals surface area contributed by atoms with E-state index >= 15 is 0 Å². The summed E-state index contributed by atoms with van der Waals surface area (Å²) in [5, 5.41) is 9.88. The SMILES string of the molecule is Fc1ccc(N2CC3(CC(c4nnc5n4-c4ccc(Cl)cc4CN(C46CC7(C(F)(F)F)CC47C6)C5)C3)C2)nc1. The Kier molecular flexibility index (Phi) is 4.00. The average molecular weight is 557 g/mol. The molecule has 2 spiro atoms. The predicted octanol–water partition coefficient (Wildman–Crippen LogP) is 5.64. The first-order valence-corrected chi connectivity index (χ1v) is 13.9. The molecule has 0 amide bonds. The Morgan fingerprint density at radius 1 is 0.974 bits per heavy atom. The number of alkyl halides is 3. The van der Waals surface area contributed by atoms with E-state index in [1.165, 1.54) is 12.3 Å². The average Bonchev–Trinajstić information content (AvgIpc) is 3.52. The number of rotatable bonds is 3. The number of aromatic nitrogens is 4. The van der Waals surface area contributed by atoms with Gasteiger partial charge in [-0.3, -0.25) is 9.47 Å². The van der Waals surface area contributed by atoms with Crippen LogP contribution in [-0.2, 0) is 13.1 Å². The van der Waals surface area contributed by atoms with Crippen molar-refractivity contribution in [2.24, 2.45) is 16.2 Å². The molecule has 0 radical (unpaired) electrons. The van der Waals surface area contributed by atoms with E-state index in [0.717, 1.165) is 54.6 Å². The van der Waals surface area contributed by atoms with Gasteiger partial charge in [-0.15, -0.1) is 10.2 Å². The Morgan fingerprint density at radius 3 is 2.49 bits per heavy atom. The Morgan fingerprint density at radius 2 is 1.79 bits per heavy atom. The number of benzene rings is 1. The molecule has 5 fully saturated rings. The van der Waals surface area contributed by atoms with E-state index in [9.17, 15) is 17.6 Å². The zero-order valence-corrected chi connectivity index (χ0v) is 21.7. The van der Waals surface area contributed by atoms with Crippen LogP contribution < -0.4 is 4.90 Å². The van der Waals surface area contributed by atoms with E-state index in [2.05, 4.69) is 29.5 Å². The van der Waals surface area contributed by atoms with Crippen LogP contribution in [0.5, 0.6) is 0 Å². The third-order valence-electron chi connectivity index (χ3n) is 11.0. The molecule has 4 aliphatic carbocycles. The molecule has 1 aromatic carbocycles. The molecule has 0 N–H and O–H groups in total. The Balaban J connectivity index is 0.992. The lowest BCUT2D eigenvalue weighted by atomic mass is 9.57. The molecule has 4 heterocycles. The fraction of sp³-hybridized carbons (Fsp3) is 0.536. The first kappa shape index (κ1) is 23.0. The van der Waals surface area contributed by atoms with Crippen LogP contribution in [0.4, 0.5) is 23.4 Å². The second-order valence-electron chi connectivity index (χ2n) is 13.0. The summed E-state index contributed by atoms with van der Waals surface area (Å²) in [5.41, 5.74) is -0.284. The molecule has 202 valence electrons. The normalized spacial score (nSPS) is 33.6. The highest BCUT2D eigenvalue weighted by molar-refractivity contribution is 6.30. The second kappa shape index (κ2) is 6.77. The quantitative estimate of drug-likeness (QED) is 0.391. The van der Waals surface area contributed by atoms with E-state index in [-0.39, 0.29) is 30.0 Å². The first-order chi connectivity index (χ1) is 18.6. The van der Waals surface area contributed by atoms with Crippen molar-refractivity contribution in [1.82, 2.24) is 24.6 Å². The van der Waals surface area contributed by atoms with Crippen molar-refractivity contribution in [3.63, 3.8) is 0 Å².